The third kappa shape index (κ3) is 2.29. The molecule has 0 saturated carbocycles. The second kappa shape index (κ2) is 4.63. The van der Waals surface area contributed by atoms with Crippen LogP contribution in [-0.2, 0) is 6.42 Å². The molecule has 0 unspecified atom stereocenters. The summed E-state index contributed by atoms with van der Waals surface area (Å²) in [5, 5.41) is 0. The number of benzene rings is 2. The van der Waals surface area contributed by atoms with Gasteiger partial charge in [0.15, 0.2) is 0 Å². The summed E-state index contributed by atoms with van der Waals surface area (Å²) in [6.07, 6.45) is 1.08. The molecular formula is C14H13Br. The molecular weight excluding hydrogens is 248 g/mol. The van der Waals surface area contributed by atoms with Crippen molar-refractivity contribution in [3.63, 3.8) is 0 Å². The maximum Gasteiger partial charge on any atom is 0.0175 e. The lowest BCUT2D eigenvalue weighted by Gasteiger charge is -2.07. The summed E-state index contributed by atoms with van der Waals surface area (Å²) in [5.74, 6) is 0. The average molecular weight is 261 g/mol. The molecule has 0 aliphatic carbocycles. The van der Waals surface area contributed by atoms with Crippen LogP contribution in [0.5, 0.6) is 0 Å². The van der Waals surface area contributed by atoms with Crippen molar-refractivity contribution in [2.24, 2.45) is 0 Å². The summed E-state index contributed by atoms with van der Waals surface area (Å²) < 4.78 is 1.13. The summed E-state index contributed by atoms with van der Waals surface area (Å²) in [6.45, 7) is 2.19. The first-order chi connectivity index (χ1) is 7.31. The van der Waals surface area contributed by atoms with Gasteiger partial charge in [0.2, 0.25) is 0 Å². The van der Waals surface area contributed by atoms with Gasteiger partial charge in [0.1, 0.15) is 0 Å². The lowest BCUT2D eigenvalue weighted by molar-refractivity contribution is 1.14. The maximum absolute atomic E-state index is 3.45. The van der Waals surface area contributed by atoms with E-state index < -0.39 is 0 Å². The summed E-state index contributed by atoms with van der Waals surface area (Å²) in [4.78, 5) is 0. The number of hydrogen-bond acceptors (Lipinski definition) is 0. The van der Waals surface area contributed by atoms with E-state index >= 15 is 0 Å². The Morgan fingerprint density at radius 3 is 2.27 bits per heavy atom. The SMILES string of the molecule is CCc1ccccc1-c1ccc(Br)cc1. The molecule has 15 heavy (non-hydrogen) atoms. The Morgan fingerprint density at radius 1 is 0.933 bits per heavy atom. The minimum atomic E-state index is 1.08. The van der Waals surface area contributed by atoms with Crippen molar-refractivity contribution in [2.45, 2.75) is 13.3 Å². The number of halogens is 1. The van der Waals surface area contributed by atoms with Crippen LogP contribution in [0.1, 0.15) is 12.5 Å². The Kier molecular flexibility index (Phi) is 3.22. The van der Waals surface area contributed by atoms with Gasteiger partial charge in [-0.15, -0.1) is 0 Å². The van der Waals surface area contributed by atoms with Crippen LogP contribution in [0.4, 0.5) is 0 Å². The van der Waals surface area contributed by atoms with Gasteiger partial charge < -0.3 is 0 Å². The van der Waals surface area contributed by atoms with E-state index in [0.717, 1.165) is 10.9 Å². The van der Waals surface area contributed by atoms with Crippen LogP contribution < -0.4 is 0 Å². The Bertz CT molecular complexity index is 443. The maximum atomic E-state index is 3.45. The van der Waals surface area contributed by atoms with E-state index in [2.05, 4.69) is 71.4 Å². The third-order valence-corrected chi connectivity index (χ3v) is 3.08. The standard InChI is InChI=1S/C14H13Br/c1-2-11-5-3-4-6-14(11)12-7-9-13(15)10-8-12/h3-10H,2H2,1H3. The molecule has 0 radical (unpaired) electrons. The molecule has 2 aromatic rings. The highest BCUT2D eigenvalue weighted by molar-refractivity contribution is 9.10. The Hall–Kier alpha value is -1.08. The molecule has 0 aliphatic heterocycles. The molecule has 0 bridgehead atoms. The molecule has 2 rings (SSSR count). The highest BCUT2D eigenvalue weighted by Crippen LogP contribution is 2.25. The second-order valence-electron chi connectivity index (χ2n) is 3.52. The molecule has 76 valence electrons. The second-order valence-corrected chi connectivity index (χ2v) is 4.43. The Labute approximate surface area is 99.1 Å². The smallest absolute Gasteiger partial charge is 0.0175 e. The normalized spacial score (nSPS) is 10.3. The van der Waals surface area contributed by atoms with Crippen molar-refractivity contribution in [3.8, 4) is 11.1 Å². The summed E-state index contributed by atoms with van der Waals surface area (Å²) in [7, 11) is 0. The van der Waals surface area contributed by atoms with Gasteiger partial charge in [0, 0.05) is 4.47 Å². The Morgan fingerprint density at radius 2 is 1.60 bits per heavy atom. The van der Waals surface area contributed by atoms with Crippen LogP contribution in [0.25, 0.3) is 11.1 Å². The molecule has 1 heteroatoms. The summed E-state index contributed by atoms with van der Waals surface area (Å²) in [5.41, 5.74) is 4.03. The van der Waals surface area contributed by atoms with Gasteiger partial charge in [-0.05, 0) is 35.2 Å². The third-order valence-electron chi connectivity index (χ3n) is 2.55. The zero-order valence-corrected chi connectivity index (χ0v) is 10.3. The zero-order valence-electron chi connectivity index (χ0n) is 8.70. The first-order valence-corrected chi connectivity index (χ1v) is 5.94. The molecule has 0 N–H and O–H groups in total. The monoisotopic (exact) mass is 260 g/mol. The van der Waals surface area contributed by atoms with E-state index in [-0.39, 0.29) is 0 Å². The quantitative estimate of drug-likeness (QED) is 0.736. The number of hydrogen-bond donors (Lipinski definition) is 0. The van der Waals surface area contributed by atoms with Crippen LogP contribution in [0.3, 0.4) is 0 Å². The van der Waals surface area contributed by atoms with Crippen molar-refractivity contribution in [2.75, 3.05) is 0 Å². The number of aryl methyl sites for hydroxylation is 1. The van der Waals surface area contributed by atoms with E-state index in [1.165, 1.54) is 16.7 Å². The fraction of sp³-hybridized carbons (Fsp3) is 0.143. The first kappa shape index (κ1) is 10.4. The van der Waals surface area contributed by atoms with Crippen molar-refractivity contribution < 1.29 is 0 Å². The van der Waals surface area contributed by atoms with Crippen LogP contribution in [0, 0.1) is 0 Å². The molecule has 2 aromatic carbocycles. The van der Waals surface area contributed by atoms with E-state index in [1.54, 1.807) is 0 Å². The molecule has 0 fully saturated rings. The van der Waals surface area contributed by atoms with Crippen LogP contribution >= 0.6 is 15.9 Å². The van der Waals surface area contributed by atoms with Gasteiger partial charge in [-0.25, -0.2) is 0 Å². The predicted octanol–water partition coefficient (Wildman–Crippen LogP) is 4.68. The molecule has 0 spiro atoms. The first-order valence-electron chi connectivity index (χ1n) is 5.15. The topological polar surface area (TPSA) is 0 Å². The highest BCUT2D eigenvalue weighted by atomic mass is 79.9. The lowest BCUT2D eigenvalue weighted by Crippen LogP contribution is -1.86. The van der Waals surface area contributed by atoms with Crippen molar-refractivity contribution >= 4 is 15.9 Å². The fourth-order valence-corrected chi connectivity index (χ4v) is 2.00. The van der Waals surface area contributed by atoms with Crippen LogP contribution in [-0.4, -0.2) is 0 Å². The average Bonchev–Trinajstić information content (AvgIpc) is 2.30. The zero-order chi connectivity index (χ0) is 10.7. The van der Waals surface area contributed by atoms with Gasteiger partial charge in [-0.1, -0.05) is 59.3 Å². The van der Waals surface area contributed by atoms with Crippen LogP contribution in [0.2, 0.25) is 0 Å². The minimum Gasteiger partial charge on any atom is -0.0620 e. The highest BCUT2D eigenvalue weighted by Gasteiger charge is 2.01. The van der Waals surface area contributed by atoms with E-state index in [4.69, 9.17) is 0 Å². The largest absolute Gasteiger partial charge is 0.0620 e. The number of rotatable bonds is 2. The molecule has 0 atom stereocenters. The minimum absolute atomic E-state index is 1.08. The van der Waals surface area contributed by atoms with Crippen molar-refractivity contribution in [3.05, 3.63) is 58.6 Å². The van der Waals surface area contributed by atoms with Crippen molar-refractivity contribution in [1.29, 1.82) is 0 Å². The van der Waals surface area contributed by atoms with Gasteiger partial charge in [-0.2, -0.15) is 0 Å². The lowest BCUT2D eigenvalue weighted by atomic mass is 9.98. The van der Waals surface area contributed by atoms with E-state index in [1.807, 2.05) is 0 Å². The van der Waals surface area contributed by atoms with Gasteiger partial charge >= 0.3 is 0 Å². The summed E-state index contributed by atoms with van der Waals surface area (Å²) >= 11 is 3.45. The van der Waals surface area contributed by atoms with Gasteiger partial charge in [0.05, 0.1) is 0 Å². The summed E-state index contributed by atoms with van der Waals surface area (Å²) in [6, 6.07) is 17.0. The molecule has 0 amide bonds. The molecule has 0 nitrogen and oxygen atoms in total. The van der Waals surface area contributed by atoms with Crippen molar-refractivity contribution in [1.82, 2.24) is 0 Å². The van der Waals surface area contributed by atoms with Gasteiger partial charge in [-0.3, -0.25) is 0 Å². The Balaban J connectivity index is 2.49. The predicted molar refractivity (Wildman–Crippen MR) is 69.0 cm³/mol. The molecule has 0 aliphatic rings. The molecule has 0 aromatic heterocycles. The van der Waals surface area contributed by atoms with E-state index in [9.17, 15) is 0 Å². The van der Waals surface area contributed by atoms with Crippen LogP contribution in [0.15, 0.2) is 53.0 Å². The fourth-order valence-electron chi connectivity index (χ4n) is 1.74. The van der Waals surface area contributed by atoms with E-state index in [0.29, 0.717) is 0 Å². The molecule has 0 saturated heterocycles. The van der Waals surface area contributed by atoms with Gasteiger partial charge in [0.25, 0.3) is 0 Å². The molecule has 0 heterocycles.